The van der Waals surface area contributed by atoms with Gasteiger partial charge >= 0.3 is 0 Å². The van der Waals surface area contributed by atoms with Crippen molar-refractivity contribution >= 4 is 38.7 Å². The Labute approximate surface area is 187 Å². The summed E-state index contributed by atoms with van der Waals surface area (Å²) < 4.78 is 25.3. The van der Waals surface area contributed by atoms with Crippen molar-refractivity contribution < 1.29 is 13.2 Å². The standard InChI is InChI=1S/C19H17ClN6O3S2/c1-10(23-18(27)12-5-13(20)7-15(6-12)31(2,28)29)17-24-16(11-3-4-11)25-26(17)19-22-9-14(8-21)30-19/h5-7,9-11H,3-4H2,1-2H3,(H,23,27)/t10-/m0/s1. The number of amides is 1. The number of nitrogens with one attached hydrogen (secondary N) is 1. The predicted octanol–water partition coefficient (Wildman–Crippen LogP) is 3.02. The van der Waals surface area contributed by atoms with Gasteiger partial charge in [-0.25, -0.2) is 18.4 Å². The van der Waals surface area contributed by atoms with Crippen LogP contribution in [0.1, 0.15) is 58.6 Å². The van der Waals surface area contributed by atoms with Gasteiger partial charge < -0.3 is 5.32 Å². The van der Waals surface area contributed by atoms with Crippen LogP contribution in [-0.2, 0) is 9.84 Å². The van der Waals surface area contributed by atoms with E-state index in [9.17, 15) is 13.2 Å². The number of halogens is 1. The molecule has 0 bridgehead atoms. The summed E-state index contributed by atoms with van der Waals surface area (Å²) in [6.07, 6.45) is 4.52. The van der Waals surface area contributed by atoms with Crippen molar-refractivity contribution in [1.82, 2.24) is 25.1 Å². The SMILES string of the molecule is C[C@H](NC(=O)c1cc(Cl)cc(S(C)(=O)=O)c1)c1nc(C2CC2)nn1-c1ncc(C#N)s1. The molecule has 2 aromatic heterocycles. The summed E-state index contributed by atoms with van der Waals surface area (Å²) in [4.78, 5) is 22.1. The Morgan fingerprint density at radius 3 is 2.74 bits per heavy atom. The molecule has 1 aliphatic rings. The number of carbonyl (C=O) groups is 1. The second-order valence-electron chi connectivity index (χ2n) is 7.28. The number of benzene rings is 1. The molecule has 1 amide bonds. The highest BCUT2D eigenvalue weighted by atomic mass is 35.5. The highest BCUT2D eigenvalue weighted by Crippen LogP contribution is 2.39. The highest BCUT2D eigenvalue weighted by Gasteiger charge is 2.31. The van der Waals surface area contributed by atoms with Crippen LogP contribution in [0.2, 0.25) is 5.02 Å². The summed E-state index contributed by atoms with van der Waals surface area (Å²) in [6.45, 7) is 1.75. The Morgan fingerprint density at radius 1 is 1.39 bits per heavy atom. The highest BCUT2D eigenvalue weighted by molar-refractivity contribution is 7.90. The first-order chi connectivity index (χ1) is 14.7. The Bertz CT molecular complexity index is 1320. The third-order valence-corrected chi connectivity index (χ3v) is 6.86. The Kier molecular flexibility index (Phi) is 5.55. The van der Waals surface area contributed by atoms with Gasteiger partial charge in [0, 0.05) is 22.8 Å². The predicted molar refractivity (Wildman–Crippen MR) is 114 cm³/mol. The maximum absolute atomic E-state index is 12.8. The lowest BCUT2D eigenvalue weighted by Gasteiger charge is -2.14. The number of aromatic nitrogens is 4. The van der Waals surface area contributed by atoms with Gasteiger partial charge in [0.15, 0.2) is 21.5 Å². The molecule has 160 valence electrons. The van der Waals surface area contributed by atoms with Gasteiger partial charge in [-0.15, -0.1) is 5.10 Å². The molecule has 9 nitrogen and oxygen atoms in total. The molecule has 0 aliphatic heterocycles. The Balaban J connectivity index is 1.64. The largest absolute Gasteiger partial charge is 0.342 e. The lowest BCUT2D eigenvalue weighted by atomic mass is 10.2. The second kappa shape index (κ2) is 8.03. The van der Waals surface area contributed by atoms with Gasteiger partial charge in [-0.1, -0.05) is 22.9 Å². The first kappa shape index (κ1) is 21.4. The van der Waals surface area contributed by atoms with Gasteiger partial charge in [-0.2, -0.15) is 9.94 Å². The number of sulfone groups is 1. The van der Waals surface area contributed by atoms with E-state index in [-0.39, 0.29) is 21.4 Å². The molecule has 1 aliphatic carbocycles. The van der Waals surface area contributed by atoms with E-state index < -0.39 is 21.8 Å². The molecule has 2 heterocycles. The molecule has 4 rings (SSSR count). The molecule has 1 aromatic carbocycles. The van der Waals surface area contributed by atoms with Gasteiger partial charge in [0.2, 0.25) is 5.13 Å². The second-order valence-corrected chi connectivity index (χ2v) is 10.7. The fraction of sp³-hybridized carbons (Fsp3) is 0.316. The molecule has 3 aromatic rings. The molecule has 12 heteroatoms. The van der Waals surface area contributed by atoms with Crippen molar-refractivity contribution in [2.75, 3.05) is 6.26 Å². The van der Waals surface area contributed by atoms with E-state index in [2.05, 4.69) is 20.4 Å². The van der Waals surface area contributed by atoms with Gasteiger partial charge in [0.25, 0.3) is 5.91 Å². The first-order valence-corrected chi connectivity index (χ1v) is 12.4. The normalized spacial score (nSPS) is 14.8. The number of hydrogen-bond acceptors (Lipinski definition) is 8. The average molecular weight is 477 g/mol. The third kappa shape index (κ3) is 4.61. The number of nitriles is 1. The molecule has 1 N–H and O–H groups in total. The van der Waals surface area contributed by atoms with Gasteiger partial charge in [0.1, 0.15) is 10.9 Å². The van der Waals surface area contributed by atoms with Crippen LogP contribution in [0, 0.1) is 11.3 Å². The first-order valence-electron chi connectivity index (χ1n) is 9.30. The van der Waals surface area contributed by atoms with E-state index >= 15 is 0 Å². The molecule has 1 fully saturated rings. The monoisotopic (exact) mass is 476 g/mol. The summed E-state index contributed by atoms with van der Waals surface area (Å²) in [5, 5.41) is 17.1. The van der Waals surface area contributed by atoms with E-state index in [0.29, 0.717) is 21.7 Å². The molecule has 31 heavy (non-hydrogen) atoms. The van der Waals surface area contributed by atoms with Crippen LogP contribution < -0.4 is 5.32 Å². The summed E-state index contributed by atoms with van der Waals surface area (Å²) >= 11 is 7.19. The fourth-order valence-electron chi connectivity index (χ4n) is 2.94. The Morgan fingerprint density at radius 2 is 2.13 bits per heavy atom. The number of hydrogen-bond donors (Lipinski definition) is 1. The quantitative estimate of drug-likeness (QED) is 0.578. The Hall–Kier alpha value is -2.81. The number of thiazole rings is 1. The number of nitrogens with zero attached hydrogens (tertiary/aromatic N) is 5. The summed E-state index contributed by atoms with van der Waals surface area (Å²) in [6, 6.07) is 5.46. The lowest BCUT2D eigenvalue weighted by Crippen LogP contribution is -2.29. The van der Waals surface area contributed by atoms with Crippen LogP contribution >= 0.6 is 22.9 Å². The smallest absolute Gasteiger partial charge is 0.251 e. The van der Waals surface area contributed by atoms with Crippen LogP contribution in [0.5, 0.6) is 0 Å². The van der Waals surface area contributed by atoms with Crippen molar-refractivity contribution in [2.45, 2.75) is 36.6 Å². The van der Waals surface area contributed by atoms with E-state index in [4.69, 9.17) is 16.9 Å². The van der Waals surface area contributed by atoms with Gasteiger partial charge in [0.05, 0.1) is 17.1 Å². The molecule has 1 atom stereocenters. The van der Waals surface area contributed by atoms with Gasteiger partial charge in [-0.05, 0) is 38.0 Å². The zero-order chi connectivity index (χ0) is 22.3. The minimum atomic E-state index is -3.53. The van der Waals surface area contributed by atoms with Crippen LogP contribution in [0.4, 0.5) is 0 Å². The zero-order valence-corrected chi connectivity index (χ0v) is 18.9. The molecule has 0 saturated heterocycles. The summed E-state index contributed by atoms with van der Waals surface area (Å²) in [5.41, 5.74) is 0.120. The maximum atomic E-state index is 12.8. The average Bonchev–Trinajstić information content (AvgIpc) is 3.28. The molecule has 0 spiro atoms. The topological polar surface area (TPSA) is 131 Å². The molecular weight excluding hydrogens is 460 g/mol. The molecule has 0 unspecified atom stereocenters. The fourth-order valence-corrected chi connectivity index (χ4v) is 4.60. The zero-order valence-electron chi connectivity index (χ0n) is 16.5. The minimum Gasteiger partial charge on any atom is -0.342 e. The molecular formula is C19H17ClN6O3S2. The van der Waals surface area contributed by atoms with Crippen LogP contribution in [0.15, 0.2) is 29.3 Å². The summed E-state index contributed by atoms with van der Waals surface area (Å²) in [7, 11) is -3.53. The summed E-state index contributed by atoms with van der Waals surface area (Å²) in [5.74, 6) is 0.925. The van der Waals surface area contributed by atoms with Crippen molar-refractivity contribution in [1.29, 1.82) is 5.26 Å². The number of rotatable bonds is 6. The number of carbonyl (C=O) groups excluding carboxylic acids is 1. The lowest BCUT2D eigenvalue weighted by molar-refractivity contribution is 0.0937. The van der Waals surface area contributed by atoms with Crippen molar-refractivity contribution in [3.63, 3.8) is 0 Å². The minimum absolute atomic E-state index is 0.0381. The van der Waals surface area contributed by atoms with E-state index in [1.165, 1.54) is 35.7 Å². The third-order valence-electron chi connectivity index (χ3n) is 4.67. The maximum Gasteiger partial charge on any atom is 0.251 e. The van der Waals surface area contributed by atoms with Crippen molar-refractivity contribution in [3.05, 3.63) is 51.5 Å². The van der Waals surface area contributed by atoms with Crippen LogP contribution in [0.25, 0.3) is 5.13 Å². The van der Waals surface area contributed by atoms with Crippen LogP contribution in [-0.4, -0.2) is 40.3 Å². The molecule has 0 radical (unpaired) electrons. The van der Waals surface area contributed by atoms with Gasteiger partial charge in [-0.3, -0.25) is 4.79 Å². The van der Waals surface area contributed by atoms with Crippen molar-refractivity contribution in [2.24, 2.45) is 0 Å². The van der Waals surface area contributed by atoms with Crippen molar-refractivity contribution in [3.8, 4) is 11.2 Å². The van der Waals surface area contributed by atoms with E-state index in [0.717, 1.165) is 19.1 Å². The van der Waals surface area contributed by atoms with E-state index in [1.807, 2.05) is 6.07 Å². The van der Waals surface area contributed by atoms with Crippen LogP contribution in [0.3, 0.4) is 0 Å². The molecule has 1 saturated carbocycles. The van der Waals surface area contributed by atoms with E-state index in [1.54, 1.807) is 11.6 Å².